The van der Waals surface area contributed by atoms with E-state index in [0.717, 1.165) is 31.6 Å². The van der Waals surface area contributed by atoms with Crippen LogP contribution in [-0.2, 0) is 4.74 Å². The van der Waals surface area contributed by atoms with Crippen molar-refractivity contribution < 1.29 is 4.74 Å². The number of morpholine rings is 1. The number of halogens is 1. The monoisotopic (exact) mass is 233 g/mol. The fourth-order valence-corrected chi connectivity index (χ4v) is 1.69. The van der Waals surface area contributed by atoms with Gasteiger partial charge in [-0.3, -0.25) is 4.90 Å². The summed E-state index contributed by atoms with van der Waals surface area (Å²) in [7, 11) is 0. The van der Waals surface area contributed by atoms with Crippen molar-refractivity contribution in [2.45, 2.75) is 13.0 Å². The van der Waals surface area contributed by atoms with E-state index < -0.39 is 0 Å². The van der Waals surface area contributed by atoms with Crippen molar-refractivity contribution in [3.8, 4) is 0 Å². The van der Waals surface area contributed by atoms with Crippen molar-refractivity contribution in [1.82, 2.24) is 4.90 Å². The van der Waals surface area contributed by atoms with E-state index in [2.05, 4.69) is 39.9 Å². The molecule has 0 aromatic carbocycles. The Morgan fingerprint density at radius 2 is 2.50 bits per heavy atom. The average molecular weight is 234 g/mol. The molecule has 0 saturated carbocycles. The molecule has 1 heterocycles. The third-order valence-corrected chi connectivity index (χ3v) is 2.72. The summed E-state index contributed by atoms with van der Waals surface area (Å²) < 4.78 is 5.52. The van der Waals surface area contributed by atoms with Gasteiger partial charge in [0.2, 0.25) is 0 Å². The van der Waals surface area contributed by atoms with Crippen LogP contribution in [0.1, 0.15) is 6.92 Å². The lowest BCUT2D eigenvalue weighted by Gasteiger charge is -2.31. The number of rotatable bonds is 3. The Morgan fingerprint density at radius 1 is 1.67 bits per heavy atom. The van der Waals surface area contributed by atoms with Crippen LogP contribution in [0.5, 0.6) is 0 Å². The first-order valence-electron chi connectivity index (χ1n) is 4.38. The number of hydrogen-bond donors (Lipinski definition) is 0. The molecule has 1 aliphatic heterocycles. The number of alkyl halides is 1. The zero-order chi connectivity index (χ0) is 8.81. The number of allylic oxidation sites excluding steroid dienone is 1. The van der Waals surface area contributed by atoms with Gasteiger partial charge in [0.1, 0.15) is 0 Å². The lowest BCUT2D eigenvalue weighted by molar-refractivity contribution is -0.0108. The van der Waals surface area contributed by atoms with E-state index in [1.165, 1.54) is 0 Å². The van der Waals surface area contributed by atoms with Crippen LogP contribution in [0.15, 0.2) is 12.2 Å². The third-order valence-electron chi connectivity index (χ3n) is 1.99. The summed E-state index contributed by atoms with van der Waals surface area (Å²) in [6.07, 6.45) is 4.67. The molecule has 0 spiro atoms. The Kier molecular flexibility index (Phi) is 4.88. The molecule has 0 aromatic heterocycles. The minimum Gasteiger partial charge on any atom is -0.375 e. The molecule has 70 valence electrons. The Bertz CT molecular complexity index is 149. The second kappa shape index (κ2) is 5.73. The van der Waals surface area contributed by atoms with Gasteiger partial charge < -0.3 is 4.74 Å². The zero-order valence-corrected chi connectivity index (χ0v) is 9.09. The standard InChI is InChI=1S/C9H16BrNO/c1-2-3-4-11-5-6-12-9(7-10)8-11/h2-3,9H,4-8H2,1H3/b3-2+. The number of hydrogen-bond acceptors (Lipinski definition) is 2. The molecule has 0 N–H and O–H groups in total. The molecule has 0 aromatic rings. The van der Waals surface area contributed by atoms with Gasteiger partial charge in [0.15, 0.2) is 0 Å². The molecule has 1 fully saturated rings. The van der Waals surface area contributed by atoms with Gasteiger partial charge >= 0.3 is 0 Å². The topological polar surface area (TPSA) is 12.5 Å². The molecular formula is C9H16BrNO. The summed E-state index contributed by atoms with van der Waals surface area (Å²) in [6, 6.07) is 0. The van der Waals surface area contributed by atoms with Gasteiger partial charge in [-0.2, -0.15) is 0 Å². The van der Waals surface area contributed by atoms with Gasteiger partial charge in [-0.25, -0.2) is 0 Å². The molecule has 2 nitrogen and oxygen atoms in total. The summed E-state index contributed by atoms with van der Waals surface area (Å²) >= 11 is 3.44. The minimum absolute atomic E-state index is 0.379. The second-order valence-corrected chi connectivity index (χ2v) is 3.62. The minimum atomic E-state index is 0.379. The highest BCUT2D eigenvalue weighted by Gasteiger charge is 2.17. The maximum absolute atomic E-state index is 5.52. The first kappa shape index (κ1) is 10.2. The van der Waals surface area contributed by atoms with E-state index in [9.17, 15) is 0 Å². The fraction of sp³-hybridized carbons (Fsp3) is 0.778. The van der Waals surface area contributed by atoms with Gasteiger partial charge in [-0.05, 0) is 6.92 Å². The Labute approximate surface area is 82.7 Å². The molecule has 0 aliphatic carbocycles. The van der Waals surface area contributed by atoms with Crippen LogP contribution < -0.4 is 0 Å². The smallest absolute Gasteiger partial charge is 0.0799 e. The summed E-state index contributed by atoms with van der Waals surface area (Å²) in [5.41, 5.74) is 0. The second-order valence-electron chi connectivity index (χ2n) is 2.98. The highest BCUT2D eigenvalue weighted by molar-refractivity contribution is 9.09. The van der Waals surface area contributed by atoms with Crippen molar-refractivity contribution >= 4 is 15.9 Å². The summed E-state index contributed by atoms with van der Waals surface area (Å²) in [5.74, 6) is 0. The molecule has 0 bridgehead atoms. The van der Waals surface area contributed by atoms with Crippen molar-refractivity contribution in [2.75, 3.05) is 31.6 Å². The molecule has 1 aliphatic rings. The van der Waals surface area contributed by atoms with Gasteiger partial charge in [0, 0.05) is 25.0 Å². The predicted octanol–water partition coefficient (Wildman–Crippen LogP) is 1.66. The van der Waals surface area contributed by atoms with Crippen LogP contribution in [0.25, 0.3) is 0 Å². The molecule has 3 heteroatoms. The predicted molar refractivity (Wildman–Crippen MR) is 54.8 cm³/mol. The van der Waals surface area contributed by atoms with E-state index >= 15 is 0 Å². The van der Waals surface area contributed by atoms with Crippen molar-refractivity contribution in [3.63, 3.8) is 0 Å². The molecule has 1 unspecified atom stereocenters. The Morgan fingerprint density at radius 3 is 3.17 bits per heavy atom. The van der Waals surface area contributed by atoms with Crippen molar-refractivity contribution in [1.29, 1.82) is 0 Å². The quantitative estimate of drug-likeness (QED) is 0.544. The Hall–Kier alpha value is 0.140. The van der Waals surface area contributed by atoms with E-state index in [-0.39, 0.29) is 0 Å². The van der Waals surface area contributed by atoms with Crippen LogP contribution in [0, 0.1) is 0 Å². The average Bonchev–Trinajstić information content (AvgIpc) is 2.15. The summed E-state index contributed by atoms with van der Waals surface area (Å²) in [4.78, 5) is 2.41. The van der Waals surface area contributed by atoms with E-state index in [1.54, 1.807) is 0 Å². The highest BCUT2D eigenvalue weighted by atomic mass is 79.9. The number of ether oxygens (including phenoxy) is 1. The van der Waals surface area contributed by atoms with Gasteiger partial charge in [0.25, 0.3) is 0 Å². The third kappa shape index (κ3) is 3.25. The molecule has 1 saturated heterocycles. The maximum Gasteiger partial charge on any atom is 0.0799 e. The van der Waals surface area contributed by atoms with Crippen LogP contribution in [-0.4, -0.2) is 42.6 Å². The van der Waals surface area contributed by atoms with Crippen molar-refractivity contribution in [2.24, 2.45) is 0 Å². The molecule has 1 atom stereocenters. The van der Waals surface area contributed by atoms with Crippen LogP contribution >= 0.6 is 15.9 Å². The van der Waals surface area contributed by atoms with Crippen LogP contribution in [0.4, 0.5) is 0 Å². The summed E-state index contributed by atoms with van der Waals surface area (Å²) in [5, 5.41) is 0.944. The highest BCUT2D eigenvalue weighted by Crippen LogP contribution is 2.06. The Balaban J connectivity index is 2.25. The normalized spacial score (nSPS) is 26.7. The van der Waals surface area contributed by atoms with E-state index in [1.807, 2.05) is 0 Å². The molecule has 0 amide bonds. The molecule has 0 radical (unpaired) electrons. The van der Waals surface area contributed by atoms with Gasteiger partial charge in [-0.15, -0.1) is 0 Å². The molecular weight excluding hydrogens is 218 g/mol. The van der Waals surface area contributed by atoms with Gasteiger partial charge in [0.05, 0.1) is 12.7 Å². The zero-order valence-electron chi connectivity index (χ0n) is 7.50. The van der Waals surface area contributed by atoms with Gasteiger partial charge in [-0.1, -0.05) is 28.1 Å². The lowest BCUT2D eigenvalue weighted by atomic mass is 10.3. The lowest BCUT2D eigenvalue weighted by Crippen LogP contribution is -2.43. The van der Waals surface area contributed by atoms with E-state index in [0.29, 0.717) is 6.10 Å². The molecule has 12 heavy (non-hydrogen) atoms. The first-order valence-corrected chi connectivity index (χ1v) is 5.50. The van der Waals surface area contributed by atoms with E-state index in [4.69, 9.17) is 4.74 Å². The maximum atomic E-state index is 5.52. The SMILES string of the molecule is C/C=C/CN1CCOC(CBr)C1. The van der Waals surface area contributed by atoms with Crippen LogP contribution in [0.2, 0.25) is 0 Å². The number of nitrogens with zero attached hydrogens (tertiary/aromatic N) is 1. The first-order chi connectivity index (χ1) is 5.86. The summed E-state index contributed by atoms with van der Waals surface area (Å²) in [6.45, 7) is 6.10. The largest absolute Gasteiger partial charge is 0.375 e. The van der Waals surface area contributed by atoms with Crippen LogP contribution in [0.3, 0.4) is 0 Å². The van der Waals surface area contributed by atoms with Crippen molar-refractivity contribution in [3.05, 3.63) is 12.2 Å². The molecule has 1 rings (SSSR count). The fourth-order valence-electron chi connectivity index (χ4n) is 1.29.